The van der Waals surface area contributed by atoms with Crippen molar-refractivity contribution in [2.45, 2.75) is 51.6 Å². The highest BCUT2D eigenvalue weighted by Gasteiger charge is 2.32. The third-order valence-electron chi connectivity index (χ3n) is 2.15. The third-order valence-corrected chi connectivity index (χ3v) is 2.15. The standard InChI is InChI=1S/C10H22O5/c1-10(2,3)4-6(12)8(14)9(15)7(13)5-11/h6-9,11-15H,4-5H2,1-3H3/t6-,7+,8+,9-/m1/s1. The summed E-state index contributed by atoms with van der Waals surface area (Å²) in [6.07, 6.45) is -5.25. The normalized spacial score (nSPS) is 20.8. The molecule has 0 bridgehead atoms. The maximum Gasteiger partial charge on any atom is 0.110 e. The summed E-state index contributed by atoms with van der Waals surface area (Å²) in [6, 6.07) is 0. The Bertz CT molecular complexity index is 177. The molecular formula is C10H22O5. The van der Waals surface area contributed by atoms with Crippen LogP contribution in [0.4, 0.5) is 0 Å². The minimum atomic E-state index is -1.53. The molecule has 0 saturated carbocycles. The van der Waals surface area contributed by atoms with Gasteiger partial charge in [-0.1, -0.05) is 20.8 Å². The van der Waals surface area contributed by atoms with Crippen LogP contribution < -0.4 is 0 Å². The third kappa shape index (κ3) is 5.44. The van der Waals surface area contributed by atoms with Crippen LogP contribution in [0, 0.1) is 5.41 Å². The lowest BCUT2D eigenvalue weighted by atomic mass is 9.86. The van der Waals surface area contributed by atoms with Crippen LogP contribution in [-0.2, 0) is 0 Å². The molecule has 0 aliphatic rings. The minimum Gasteiger partial charge on any atom is -0.394 e. The van der Waals surface area contributed by atoms with Crippen LogP contribution in [0.2, 0.25) is 0 Å². The Morgan fingerprint density at radius 2 is 1.27 bits per heavy atom. The fourth-order valence-electron chi connectivity index (χ4n) is 1.31. The number of rotatable bonds is 5. The molecule has 0 aromatic heterocycles. The van der Waals surface area contributed by atoms with Crippen LogP contribution in [0.25, 0.3) is 0 Å². The minimum absolute atomic E-state index is 0.190. The van der Waals surface area contributed by atoms with Crippen molar-refractivity contribution in [3.8, 4) is 0 Å². The smallest absolute Gasteiger partial charge is 0.110 e. The van der Waals surface area contributed by atoms with E-state index >= 15 is 0 Å². The summed E-state index contributed by atoms with van der Waals surface area (Å²) >= 11 is 0. The quantitative estimate of drug-likeness (QED) is 0.405. The van der Waals surface area contributed by atoms with Crippen molar-refractivity contribution < 1.29 is 25.5 Å². The molecule has 0 saturated heterocycles. The summed E-state index contributed by atoms with van der Waals surface area (Å²) in [7, 11) is 0. The van der Waals surface area contributed by atoms with Crippen molar-refractivity contribution in [1.82, 2.24) is 0 Å². The Morgan fingerprint density at radius 3 is 1.60 bits per heavy atom. The molecule has 0 rings (SSSR count). The van der Waals surface area contributed by atoms with E-state index in [1.165, 1.54) is 0 Å². The fourth-order valence-corrected chi connectivity index (χ4v) is 1.31. The lowest BCUT2D eigenvalue weighted by molar-refractivity contribution is -0.121. The van der Waals surface area contributed by atoms with E-state index in [2.05, 4.69) is 0 Å². The summed E-state index contributed by atoms with van der Waals surface area (Å²) in [6.45, 7) is 5.01. The van der Waals surface area contributed by atoms with Crippen molar-refractivity contribution >= 4 is 0 Å². The van der Waals surface area contributed by atoms with Gasteiger partial charge in [0, 0.05) is 0 Å². The number of aliphatic hydroxyl groups is 5. The van der Waals surface area contributed by atoms with E-state index in [0.717, 1.165) is 0 Å². The maximum absolute atomic E-state index is 9.57. The topological polar surface area (TPSA) is 101 Å². The second kappa shape index (κ2) is 5.77. The molecule has 0 unspecified atom stereocenters. The highest BCUT2D eigenvalue weighted by molar-refractivity contribution is 4.83. The Morgan fingerprint density at radius 1 is 0.867 bits per heavy atom. The van der Waals surface area contributed by atoms with Crippen molar-refractivity contribution in [3.63, 3.8) is 0 Å². The van der Waals surface area contributed by atoms with E-state index in [1.54, 1.807) is 0 Å². The number of aliphatic hydroxyl groups excluding tert-OH is 5. The molecule has 15 heavy (non-hydrogen) atoms. The first-order chi connectivity index (χ1) is 6.69. The van der Waals surface area contributed by atoms with Gasteiger partial charge in [0.25, 0.3) is 0 Å². The molecule has 0 heterocycles. The first-order valence-electron chi connectivity index (χ1n) is 5.02. The monoisotopic (exact) mass is 222 g/mol. The first-order valence-corrected chi connectivity index (χ1v) is 5.02. The van der Waals surface area contributed by atoms with Crippen molar-refractivity contribution in [1.29, 1.82) is 0 Å². The predicted molar refractivity (Wildman–Crippen MR) is 55.2 cm³/mol. The largest absolute Gasteiger partial charge is 0.394 e. The second-order valence-electron chi connectivity index (χ2n) is 5.06. The molecule has 0 aliphatic heterocycles. The van der Waals surface area contributed by atoms with Crippen LogP contribution in [0.3, 0.4) is 0 Å². The summed E-state index contributed by atoms with van der Waals surface area (Å²) in [5, 5.41) is 46.0. The highest BCUT2D eigenvalue weighted by Crippen LogP contribution is 2.23. The number of hydrogen-bond donors (Lipinski definition) is 5. The van der Waals surface area contributed by atoms with Gasteiger partial charge in [-0.15, -0.1) is 0 Å². The zero-order valence-electron chi connectivity index (χ0n) is 9.46. The van der Waals surface area contributed by atoms with Crippen LogP contribution in [0.15, 0.2) is 0 Å². The maximum atomic E-state index is 9.57. The molecular weight excluding hydrogens is 200 g/mol. The zero-order valence-corrected chi connectivity index (χ0v) is 9.46. The predicted octanol–water partition coefficient (Wildman–Crippen LogP) is -1.14. The molecule has 0 amide bonds. The van der Waals surface area contributed by atoms with Crippen molar-refractivity contribution in [3.05, 3.63) is 0 Å². The molecule has 0 aromatic carbocycles. The van der Waals surface area contributed by atoms with Crippen LogP contribution in [-0.4, -0.2) is 56.6 Å². The lowest BCUT2D eigenvalue weighted by Crippen LogP contribution is -2.46. The fraction of sp³-hybridized carbons (Fsp3) is 1.00. The summed E-state index contributed by atoms with van der Waals surface area (Å²) in [5.41, 5.74) is -0.190. The molecule has 0 spiro atoms. The van der Waals surface area contributed by atoms with Gasteiger partial charge in [-0.2, -0.15) is 0 Å². The molecule has 0 fully saturated rings. The Balaban J connectivity index is 4.25. The van der Waals surface area contributed by atoms with Gasteiger partial charge in [0.1, 0.15) is 18.3 Å². The average Bonchev–Trinajstić information content (AvgIpc) is 2.11. The van der Waals surface area contributed by atoms with Gasteiger partial charge in [0.05, 0.1) is 12.7 Å². The van der Waals surface area contributed by atoms with E-state index in [1.807, 2.05) is 20.8 Å². The van der Waals surface area contributed by atoms with Gasteiger partial charge >= 0.3 is 0 Å². The SMILES string of the molecule is CC(C)(C)C[C@@H](O)[C@H](O)[C@H](O)[C@@H](O)CO. The Hall–Kier alpha value is -0.200. The molecule has 5 N–H and O–H groups in total. The van der Waals surface area contributed by atoms with Crippen LogP contribution in [0.1, 0.15) is 27.2 Å². The number of hydrogen-bond acceptors (Lipinski definition) is 5. The summed E-state index contributed by atoms with van der Waals surface area (Å²) in [4.78, 5) is 0. The second-order valence-corrected chi connectivity index (χ2v) is 5.06. The average molecular weight is 222 g/mol. The Kier molecular flexibility index (Phi) is 5.69. The van der Waals surface area contributed by atoms with E-state index in [4.69, 9.17) is 10.2 Å². The Labute approximate surface area is 90.0 Å². The van der Waals surface area contributed by atoms with Gasteiger partial charge in [-0.25, -0.2) is 0 Å². The summed E-state index contributed by atoms with van der Waals surface area (Å²) in [5.74, 6) is 0. The van der Waals surface area contributed by atoms with Crippen LogP contribution >= 0.6 is 0 Å². The molecule has 0 aliphatic carbocycles. The lowest BCUT2D eigenvalue weighted by Gasteiger charge is -2.29. The first kappa shape index (κ1) is 14.8. The van der Waals surface area contributed by atoms with Gasteiger partial charge < -0.3 is 25.5 Å². The molecule has 5 nitrogen and oxygen atoms in total. The zero-order chi connectivity index (χ0) is 12.2. The molecule has 5 heteroatoms. The van der Waals surface area contributed by atoms with Crippen molar-refractivity contribution in [2.24, 2.45) is 5.41 Å². The molecule has 92 valence electrons. The van der Waals surface area contributed by atoms with Gasteiger partial charge in [0.15, 0.2) is 0 Å². The highest BCUT2D eigenvalue weighted by atomic mass is 16.4. The van der Waals surface area contributed by atoms with E-state index in [-0.39, 0.29) is 5.41 Å². The van der Waals surface area contributed by atoms with Gasteiger partial charge in [0.2, 0.25) is 0 Å². The van der Waals surface area contributed by atoms with Crippen LogP contribution in [0.5, 0.6) is 0 Å². The molecule has 0 aromatic rings. The van der Waals surface area contributed by atoms with E-state index in [0.29, 0.717) is 6.42 Å². The van der Waals surface area contributed by atoms with Gasteiger partial charge in [-0.05, 0) is 11.8 Å². The molecule has 4 atom stereocenters. The molecule has 0 radical (unpaired) electrons. The summed E-state index contributed by atoms with van der Waals surface area (Å²) < 4.78 is 0. The van der Waals surface area contributed by atoms with Crippen molar-refractivity contribution in [2.75, 3.05) is 6.61 Å². The van der Waals surface area contributed by atoms with Gasteiger partial charge in [-0.3, -0.25) is 0 Å². The van der Waals surface area contributed by atoms with E-state index < -0.39 is 31.0 Å². The van der Waals surface area contributed by atoms with E-state index in [9.17, 15) is 15.3 Å².